The van der Waals surface area contributed by atoms with E-state index < -0.39 is 67.7 Å². The van der Waals surface area contributed by atoms with Gasteiger partial charge >= 0.3 is 5.97 Å². The minimum Gasteiger partial charge on any atom is -0.471 e. The first kappa shape index (κ1) is 22.7. The van der Waals surface area contributed by atoms with Crippen LogP contribution in [-0.4, -0.2) is 99.5 Å². The molecule has 0 aromatic carbocycles. The third kappa shape index (κ3) is 4.07. The number of aliphatic hydroxyl groups is 6. The summed E-state index contributed by atoms with van der Waals surface area (Å²) < 4.78 is 20.7. The molecule has 0 aromatic rings. The number of aliphatic hydroxyl groups excluding tert-OH is 5. The molecule has 2 rings (SSSR count). The maximum absolute atomic E-state index is 12.0. The molecule has 28 heavy (non-hydrogen) atoms. The second-order valence-electron chi connectivity index (χ2n) is 6.52. The van der Waals surface area contributed by atoms with Crippen LogP contribution in [0.15, 0.2) is 24.5 Å². The second kappa shape index (κ2) is 9.29. The van der Waals surface area contributed by atoms with Crippen LogP contribution < -0.4 is 0 Å². The average molecular weight is 406 g/mol. The molecule has 0 unspecified atom stereocenters. The van der Waals surface area contributed by atoms with Crippen LogP contribution in [0.2, 0.25) is 0 Å². The number of hydrogen-bond acceptors (Lipinski definition) is 11. The van der Waals surface area contributed by atoms with Crippen molar-refractivity contribution in [3.8, 4) is 0 Å². The van der Waals surface area contributed by atoms with E-state index in [1.54, 1.807) is 0 Å². The van der Waals surface area contributed by atoms with Crippen LogP contribution in [0.3, 0.4) is 0 Å². The molecular formula is C17H26O11. The summed E-state index contributed by atoms with van der Waals surface area (Å²) in [7, 11) is 1.11. The summed E-state index contributed by atoms with van der Waals surface area (Å²) in [5.74, 6) is -1.99. The van der Waals surface area contributed by atoms with Crippen molar-refractivity contribution in [1.29, 1.82) is 0 Å². The number of methoxy groups -OCH3 is 1. The van der Waals surface area contributed by atoms with Gasteiger partial charge in [-0.1, -0.05) is 6.08 Å². The monoisotopic (exact) mass is 406 g/mol. The highest BCUT2D eigenvalue weighted by Crippen LogP contribution is 2.40. The van der Waals surface area contributed by atoms with Crippen molar-refractivity contribution in [2.45, 2.75) is 49.0 Å². The van der Waals surface area contributed by atoms with Gasteiger partial charge in [0.05, 0.1) is 25.9 Å². The number of ether oxygens (including phenoxy) is 4. The van der Waals surface area contributed by atoms with E-state index in [-0.39, 0.29) is 12.0 Å². The Labute approximate surface area is 161 Å². The maximum atomic E-state index is 12.0. The average Bonchev–Trinajstić information content (AvgIpc) is 2.68. The van der Waals surface area contributed by atoms with Crippen LogP contribution in [0.4, 0.5) is 0 Å². The molecule has 0 radical (unpaired) electrons. The molecule has 2 aliphatic rings. The summed E-state index contributed by atoms with van der Waals surface area (Å²) in [6.45, 7) is 2.45. The molecule has 11 nitrogen and oxygen atoms in total. The van der Waals surface area contributed by atoms with Crippen LogP contribution >= 0.6 is 0 Å². The molecule has 0 aromatic heterocycles. The lowest BCUT2D eigenvalue weighted by Crippen LogP contribution is -2.61. The van der Waals surface area contributed by atoms with E-state index in [0.29, 0.717) is 0 Å². The van der Waals surface area contributed by atoms with Crippen molar-refractivity contribution >= 4 is 5.97 Å². The van der Waals surface area contributed by atoms with Crippen LogP contribution in [-0.2, 0) is 23.7 Å². The van der Waals surface area contributed by atoms with Crippen molar-refractivity contribution in [3.05, 3.63) is 24.5 Å². The lowest BCUT2D eigenvalue weighted by Gasteiger charge is -2.45. The fraction of sp³-hybridized carbons (Fsp3) is 0.706. The first-order valence-corrected chi connectivity index (χ1v) is 8.61. The van der Waals surface area contributed by atoms with Crippen LogP contribution in [0.5, 0.6) is 0 Å². The molecular weight excluding hydrogens is 380 g/mol. The lowest BCUT2D eigenvalue weighted by atomic mass is 9.77. The molecule has 11 heteroatoms. The van der Waals surface area contributed by atoms with Gasteiger partial charge in [-0.15, -0.1) is 6.58 Å². The predicted molar refractivity (Wildman–Crippen MR) is 90.2 cm³/mol. The third-order valence-electron chi connectivity index (χ3n) is 4.90. The normalized spacial score (nSPS) is 41.0. The summed E-state index contributed by atoms with van der Waals surface area (Å²) >= 11 is 0. The van der Waals surface area contributed by atoms with E-state index in [2.05, 4.69) is 11.3 Å². The Morgan fingerprint density at radius 1 is 1.25 bits per heavy atom. The molecule has 2 heterocycles. The van der Waals surface area contributed by atoms with E-state index >= 15 is 0 Å². The van der Waals surface area contributed by atoms with Crippen molar-refractivity contribution in [2.24, 2.45) is 5.92 Å². The molecule has 160 valence electrons. The number of carbonyl (C=O) groups is 1. The van der Waals surface area contributed by atoms with E-state index in [1.807, 2.05) is 0 Å². The summed E-state index contributed by atoms with van der Waals surface area (Å²) in [5.41, 5.74) is -2.22. The highest BCUT2D eigenvalue weighted by molar-refractivity contribution is 5.90. The van der Waals surface area contributed by atoms with Gasteiger partial charge in [-0.25, -0.2) is 4.79 Å². The largest absolute Gasteiger partial charge is 0.471 e. The Kier molecular flexibility index (Phi) is 7.53. The molecule has 0 amide bonds. The second-order valence-corrected chi connectivity index (χ2v) is 6.52. The summed E-state index contributed by atoms with van der Waals surface area (Å²) in [5, 5.41) is 59.5. The number of hydrogen-bond donors (Lipinski definition) is 6. The molecule has 6 N–H and O–H groups in total. The molecule has 8 atom stereocenters. The Hall–Kier alpha value is -1.57. The zero-order valence-electron chi connectivity index (χ0n) is 15.2. The minimum absolute atomic E-state index is 0.261. The van der Waals surface area contributed by atoms with Gasteiger partial charge in [0.15, 0.2) is 6.29 Å². The fourth-order valence-electron chi connectivity index (χ4n) is 3.27. The zero-order valence-corrected chi connectivity index (χ0v) is 15.2. The summed E-state index contributed by atoms with van der Waals surface area (Å²) in [6, 6.07) is 0. The quantitative estimate of drug-likeness (QED) is 0.189. The molecule has 0 spiro atoms. The third-order valence-corrected chi connectivity index (χ3v) is 4.90. The predicted octanol–water partition coefficient (Wildman–Crippen LogP) is -2.87. The van der Waals surface area contributed by atoms with Gasteiger partial charge in [0, 0.05) is 13.0 Å². The Bertz CT molecular complexity index is 592. The molecule has 1 saturated heterocycles. The van der Waals surface area contributed by atoms with Crippen LogP contribution in [0.1, 0.15) is 6.42 Å². The Morgan fingerprint density at radius 3 is 2.46 bits per heavy atom. The van der Waals surface area contributed by atoms with Crippen molar-refractivity contribution in [2.75, 3.05) is 20.3 Å². The summed E-state index contributed by atoms with van der Waals surface area (Å²) in [4.78, 5) is 12.0. The van der Waals surface area contributed by atoms with Gasteiger partial charge in [-0.3, -0.25) is 0 Å². The Morgan fingerprint density at radius 2 is 1.93 bits per heavy atom. The first-order chi connectivity index (χ1) is 13.2. The molecule has 0 saturated carbocycles. The van der Waals surface area contributed by atoms with Crippen molar-refractivity contribution in [3.63, 3.8) is 0 Å². The van der Waals surface area contributed by atoms with Gasteiger partial charge in [0.2, 0.25) is 6.29 Å². The van der Waals surface area contributed by atoms with Crippen LogP contribution in [0.25, 0.3) is 0 Å². The van der Waals surface area contributed by atoms with Gasteiger partial charge < -0.3 is 49.6 Å². The van der Waals surface area contributed by atoms with Gasteiger partial charge in [0.1, 0.15) is 35.6 Å². The van der Waals surface area contributed by atoms with Gasteiger partial charge in [-0.05, 0) is 0 Å². The molecule has 1 fully saturated rings. The summed E-state index contributed by atoms with van der Waals surface area (Å²) in [6.07, 6.45) is -7.13. The van der Waals surface area contributed by atoms with E-state index in [0.717, 1.165) is 13.4 Å². The van der Waals surface area contributed by atoms with E-state index in [9.17, 15) is 35.4 Å². The van der Waals surface area contributed by atoms with Crippen LogP contribution in [0, 0.1) is 5.92 Å². The zero-order chi connectivity index (χ0) is 21.1. The maximum Gasteiger partial charge on any atom is 0.339 e. The molecule has 2 aliphatic heterocycles. The van der Waals surface area contributed by atoms with Gasteiger partial charge in [-0.2, -0.15) is 0 Å². The smallest absolute Gasteiger partial charge is 0.339 e. The molecule has 0 aliphatic carbocycles. The SMILES string of the molecule is C=C[C@H]1[C@H](O[C@H]2O[C@H](CO)[C@H](O)[C@H](O)[C@H]2O)OC=C(C(=O)OC)[C@@]1(O)CCO. The van der Waals surface area contributed by atoms with Gasteiger partial charge in [0.25, 0.3) is 0 Å². The number of carbonyl (C=O) groups excluding carboxylic acids is 1. The topological polar surface area (TPSA) is 175 Å². The number of rotatable bonds is 7. The van der Waals surface area contributed by atoms with Crippen molar-refractivity contribution < 1.29 is 54.4 Å². The minimum atomic E-state index is -1.96. The highest BCUT2D eigenvalue weighted by Gasteiger charge is 2.52. The Balaban J connectivity index is 2.29. The highest BCUT2D eigenvalue weighted by atomic mass is 16.8. The fourth-order valence-corrected chi connectivity index (χ4v) is 3.27. The lowest BCUT2D eigenvalue weighted by molar-refractivity contribution is -0.343. The number of esters is 1. The van der Waals surface area contributed by atoms with E-state index in [1.165, 1.54) is 6.08 Å². The van der Waals surface area contributed by atoms with E-state index in [4.69, 9.17) is 14.2 Å². The first-order valence-electron chi connectivity index (χ1n) is 8.61. The standard InChI is InChI=1S/C17H26O11/c1-3-8-15(26-7-9(14(23)25-2)17(8,24)4-5-18)28-16-13(22)12(21)11(20)10(6-19)27-16/h3,7-8,10-13,15-16,18-22,24H,1,4-6H2,2H3/t8-,10+,11-,12-,13+,15-,16+,17+/m0/s1. The van der Waals surface area contributed by atoms with Crippen molar-refractivity contribution in [1.82, 2.24) is 0 Å². The molecule has 0 bridgehead atoms.